The zero-order chi connectivity index (χ0) is 20.5. The fourth-order valence-electron chi connectivity index (χ4n) is 3.09. The Hall–Kier alpha value is -1.83. The quantitative estimate of drug-likeness (QED) is 0.745. The number of para-hydroxylation sites is 1. The number of sulfonamides is 1. The van der Waals surface area contributed by atoms with Crippen molar-refractivity contribution in [1.82, 2.24) is 4.31 Å². The van der Waals surface area contributed by atoms with Crippen molar-refractivity contribution in [3.8, 4) is 0 Å². The molecule has 0 saturated heterocycles. The standard InChI is InChI=1S/C21H26N2O3S2/c1-15(2)22(4)28(25,26)18-9-7-8-17(14-18)21(24)23-13-12-16(3)27-20-11-6-5-10-19(20)23/h5-11,14-16H,12-13H2,1-4H3. The van der Waals surface area contributed by atoms with E-state index in [1.165, 1.54) is 10.4 Å². The van der Waals surface area contributed by atoms with Gasteiger partial charge in [-0.15, -0.1) is 11.8 Å². The van der Waals surface area contributed by atoms with Crippen molar-refractivity contribution in [3.63, 3.8) is 0 Å². The first-order valence-electron chi connectivity index (χ1n) is 9.37. The second-order valence-electron chi connectivity index (χ2n) is 7.28. The normalized spacial score (nSPS) is 17.5. The van der Waals surface area contributed by atoms with Gasteiger partial charge in [-0.1, -0.05) is 25.1 Å². The summed E-state index contributed by atoms with van der Waals surface area (Å²) in [6.07, 6.45) is 0.874. The third kappa shape index (κ3) is 4.11. The lowest BCUT2D eigenvalue weighted by molar-refractivity contribution is 0.0986. The molecular weight excluding hydrogens is 392 g/mol. The van der Waals surface area contributed by atoms with Crippen LogP contribution in [0, 0.1) is 0 Å². The van der Waals surface area contributed by atoms with Gasteiger partial charge < -0.3 is 4.90 Å². The van der Waals surface area contributed by atoms with E-state index in [4.69, 9.17) is 0 Å². The first-order chi connectivity index (χ1) is 13.2. The van der Waals surface area contributed by atoms with Gasteiger partial charge in [0.05, 0.1) is 10.6 Å². The highest BCUT2D eigenvalue weighted by Crippen LogP contribution is 2.38. The summed E-state index contributed by atoms with van der Waals surface area (Å²) in [7, 11) is -2.09. The van der Waals surface area contributed by atoms with Crippen molar-refractivity contribution in [2.45, 2.75) is 48.3 Å². The van der Waals surface area contributed by atoms with E-state index < -0.39 is 10.0 Å². The van der Waals surface area contributed by atoms with Gasteiger partial charge in [0, 0.05) is 35.3 Å². The van der Waals surface area contributed by atoms with Crippen LogP contribution in [0.5, 0.6) is 0 Å². The lowest BCUT2D eigenvalue weighted by Crippen LogP contribution is -2.34. The van der Waals surface area contributed by atoms with Crippen LogP contribution in [0.2, 0.25) is 0 Å². The zero-order valence-electron chi connectivity index (χ0n) is 16.6. The Bertz CT molecular complexity index is 973. The highest BCUT2D eigenvalue weighted by molar-refractivity contribution is 8.00. The monoisotopic (exact) mass is 418 g/mol. The molecular formula is C21H26N2O3S2. The zero-order valence-corrected chi connectivity index (χ0v) is 18.3. The highest BCUT2D eigenvalue weighted by atomic mass is 32.2. The molecule has 0 fully saturated rings. The van der Waals surface area contributed by atoms with Crippen LogP contribution in [-0.4, -0.2) is 43.5 Å². The third-order valence-corrected chi connectivity index (χ3v) is 8.24. The molecule has 2 aromatic rings. The number of anilines is 1. The van der Waals surface area contributed by atoms with E-state index in [1.54, 1.807) is 41.9 Å². The number of nitrogens with zero attached hydrogens (tertiary/aromatic N) is 2. The second-order valence-corrected chi connectivity index (χ2v) is 10.8. The molecule has 7 heteroatoms. The number of carbonyl (C=O) groups excluding carboxylic acids is 1. The van der Waals surface area contributed by atoms with Crippen molar-refractivity contribution >= 4 is 33.4 Å². The summed E-state index contributed by atoms with van der Waals surface area (Å²) in [4.78, 5) is 16.3. The van der Waals surface area contributed by atoms with Crippen LogP contribution < -0.4 is 4.90 Å². The molecule has 5 nitrogen and oxygen atoms in total. The van der Waals surface area contributed by atoms with Gasteiger partial charge in [0.25, 0.3) is 5.91 Å². The molecule has 1 aliphatic rings. The molecule has 1 amide bonds. The molecule has 3 rings (SSSR count). The fraction of sp³-hybridized carbons (Fsp3) is 0.381. The van der Waals surface area contributed by atoms with Crippen molar-refractivity contribution in [1.29, 1.82) is 0 Å². The smallest absolute Gasteiger partial charge is 0.258 e. The van der Waals surface area contributed by atoms with Crippen LogP contribution >= 0.6 is 11.8 Å². The summed E-state index contributed by atoms with van der Waals surface area (Å²) < 4.78 is 27.0. The lowest BCUT2D eigenvalue weighted by Gasteiger charge is -2.24. The summed E-state index contributed by atoms with van der Waals surface area (Å²) >= 11 is 1.77. The predicted octanol–water partition coefficient (Wildman–Crippen LogP) is 4.25. The number of benzene rings is 2. The van der Waals surface area contributed by atoms with Gasteiger partial charge >= 0.3 is 0 Å². The Balaban J connectivity index is 1.98. The van der Waals surface area contributed by atoms with Crippen LogP contribution in [0.4, 0.5) is 5.69 Å². The average molecular weight is 419 g/mol. The van der Waals surface area contributed by atoms with Crippen LogP contribution in [-0.2, 0) is 10.0 Å². The molecule has 2 aromatic carbocycles. The maximum absolute atomic E-state index is 13.3. The Morgan fingerprint density at radius 2 is 1.89 bits per heavy atom. The van der Waals surface area contributed by atoms with Gasteiger partial charge in [-0.05, 0) is 50.6 Å². The van der Waals surface area contributed by atoms with E-state index in [0.29, 0.717) is 17.4 Å². The van der Waals surface area contributed by atoms with E-state index in [0.717, 1.165) is 17.0 Å². The van der Waals surface area contributed by atoms with Crippen LogP contribution in [0.25, 0.3) is 0 Å². The Morgan fingerprint density at radius 3 is 2.61 bits per heavy atom. The van der Waals surface area contributed by atoms with Crippen molar-refractivity contribution in [2.75, 3.05) is 18.5 Å². The van der Waals surface area contributed by atoms with Crippen molar-refractivity contribution < 1.29 is 13.2 Å². The summed E-state index contributed by atoms with van der Waals surface area (Å²) in [5.74, 6) is -0.175. The fourth-order valence-corrected chi connectivity index (χ4v) is 5.61. The van der Waals surface area contributed by atoms with E-state index in [9.17, 15) is 13.2 Å². The van der Waals surface area contributed by atoms with Crippen LogP contribution in [0.3, 0.4) is 0 Å². The van der Waals surface area contributed by atoms with E-state index in [2.05, 4.69) is 6.92 Å². The molecule has 0 aromatic heterocycles. The van der Waals surface area contributed by atoms with Gasteiger partial charge in [-0.25, -0.2) is 8.42 Å². The molecule has 0 aliphatic carbocycles. The molecule has 0 bridgehead atoms. The third-order valence-electron chi connectivity index (χ3n) is 4.97. The Labute approximate surface area is 171 Å². The SMILES string of the molecule is CC1CCN(C(=O)c2cccc(S(=O)(=O)N(C)C(C)C)c2)c2ccccc2S1. The first-order valence-corrected chi connectivity index (χ1v) is 11.7. The summed E-state index contributed by atoms with van der Waals surface area (Å²) in [5, 5.41) is 0.408. The van der Waals surface area contributed by atoms with E-state index >= 15 is 0 Å². The number of hydrogen-bond donors (Lipinski definition) is 0. The second kappa shape index (κ2) is 8.27. The Morgan fingerprint density at radius 1 is 1.18 bits per heavy atom. The predicted molar refractivity (Wildman–Crippen MR) is 115 cm³/mol. The molecule has 150 valence electrons. The molecule has 1 aliphatic heterocycles. The van der Waals surface area contributed by atoms with Gasteiger partial charge in [-0.2, -0.15) is 4.31 Å². The number of amides is 1. The minimum atomic E-state index is -3.64. The molecule has 0 radical (unpaired) electrons. The number of carbonyl (C=O) groups is 1. The maximum atomic E-state index is 13.3. The number of fused-ring (bicyclic) bond motifs is 1. The molecule has 0 spiro atoms. The molecule has 1 atom stereocenters. The average Bonchev–Trinajstić information content (AvgIpc) is 2.85. The van der Waals surface area contributed by atoms with Gasteiger partial charge in [0.2, 0.25) is 10.0 Å². The largest absolute Gasteiger partial charge is 0.307 e. The number of thioether (sulfide) groups is 1. The van der Waals surface area contributed by atoms with Gasteiger partial charge in [0.15, 0.2) is 0 Å². The molecule has 0 saturated carbocycles. The van der Waals surface area contributed by atoms with Gasteiger partial charge in [0.1, 0.15) is 0 Å². The maximum Gasteiger partial charge on any atom is 0.258 e. The number of rotatable bonds is 4. The minimum Gasteiger partial charge on any atom is -0.307 e. The number of hydrogen-bond acceptors (Lipinski definition) is 4. The Kier molecular flexibility index (Phi) is 6.17. The minimum absolute atomic E-state index is 0.139. The molecule has 28 heavy (non-hydrogen) atoms. The van der Waals surface area contributed by atoms with Crippen LogP contribution in [0.15, 0.2) is 58.3 Å². The highest BCUT2D eigenvalue weighted by Gasteiger charge is 2.27. The van der Waals surface area contributed by atoms with Crippen LogP contribution in [0.1, 0.15) is 37.6 Å². The molecule has 0 N–H and O–H groups in total. The van der Waals surface area contributed by atoms with Gasteiger partial charge in [-0.3, -0.25) is 4.79 Å². The van der Waals surface area contributed by atoms with E-state index in [1.807, 2.05) is 38.1 Å². The molecule has 1 heterocycles. The summed E-state index contributed by atoms with van der Waals surface area (Å²) in [5.41, 5.74) is 1.27. The van der Waals surface area contributed by atoms with E-state index in [-0.39, 0.29) is 16.8 Å². The molecule has 1 unspecified atom stereocenters. The lowest BCUT2D eigenvalue weighted by atomic mass is 10.1. The van der Waals surface area contributed by atoms with Crippen molar-refractivity contribution in [2.24, 2.45) is 0 Å². The van der Waals surface area contributed by atoms with Crippen molar-refractivity contribution in [3.05, 3.63) is 54.1 Å². The summed E-state index contributed by atoms with van der Waals surface area (Å²) in [6, 6.07) is 14.1. The topological polar surface area (TPSA) is 57.7 Å². The summed E-state index contributed by atoms with van der Waals surface area (Å²) in [6.45, 7) is 6.40. The first kappa shape index (κ1) is 20.9.